The number of anilines is 1. The lowest BCUT2D eigenvalue weighted by Crippen LogP contribution is -2.25. The number of hydrogen-bond acceptors (Lipinski definition) is 3. The van der Waals surface area contributed by atoms with Gasteiger partial charge in [0.05, 0.1) is 0 Å². The average molecular weight is 143 g/mol. The minimum Gasteiger partial charge on any atom is -0.464 e. The summed E-state index contributed by atoms with van der Waals surface area (Å²) in [6.07, 6.45) is -0.0546. The zero-order chi connectivity index (χ0) is 7.56. The molecule has 0 bridgehead atoms. The Morgan fingerprint density at radius 2 is 2.60 bits per heavy atom. The Morgan fingerprint density at radius 1 is 2.00 bits per heavy atom. The van der Waals surface area contributed by atoms with Crippen molar-refractivity contribution < 1.29 is 14.5 Å². The molecule has 0 aliphatic heterocycles. The summed E-state index contributed by atoms with van der Waals surface area (Å²) in [5.74, 6) is 0.113. The van der Waals surface area contributed by atoms with Crippen LogP contribution in [0.1, 0.15) is 0 Å². The van der Waals surface area contributed by atoms with Crippen molar-refractivity contribution in [2.75, 3.05) is 4.90 Å². The average Bonchev–Trinajstić information content (AvgIpc) is 1.76. The van der Waals surface area contributed by atoms with Gasteiger partial charge in [0.1, 0.15) is 0 Å². The maximum Gasteiger partial charge on any atom is 0.418 e. The van der Waals surface area contributed by atoms with E-state index in [1.165, 1.54) is 0 Å². The lowest BCUT2D eigenvalue weighted by atomic mass is 10.7. The molecular weight excluding hydrogens is 138 g/mol. The van der Waals surface area contributed by atoms with Gasteiger partial charge in [0, 0.05) is 6.20 Å². The summed E-state index contributed by atoms with van der Waals surface area (Å²) in [5, 5.41) is 13.8. The summed E-state index contributed by atoms with van der Waals surface area (Å²) in [4.78, 5) is 11.0. The predicted molar refractivity (Wildman–Crippen MR) is 31.6 cm³/mol. The Kier molecular flexibility index (Phi) is 1.44. The second-order valence-electron chi connectivity index (χ2n) is 1.44. The third-order valence-corrected chi connectivity index (χ3v) is 0.886. The maximum absolute atomic E-state index is 10.2. The zero-order valence-corrected chi connectivity index (χ0v) is 4.94. The molecule has 0 saturated carbocycles. The first-order chi connectivity index (χ1) is 4.75. The van der Waals surface area contributed by atoms with Crippen molar-refractivity contribution in [1.82, 2.24) is 10.3 Å². The van der Waals surface area contributed by atoms with Gasteiger partial charge in [-0.25, -0.2) is 9.69 Å². The van der Waals surface area contributed by atoms with Gasteiger partial charge in [-0.1, -0.05) is 6.58 Å². The van der Waals surface area contributed by atoms with Gasteiger partial charge in [-0.15, -0.1) is 0 Å². The summed E-state index contributed by atoms with van der Waals surface area (Å²) < 4.78 is 4.15. The number of aromatic nitrogens is 2. The lowest BCUT2D eigenvalue weighted by molar-refractivity contribution is 0.194. The summed E-state index contributed by atoms with van der Waals surface area (Å²) >= 11 is 0. The molecule has 1 amide bonds. The van der Waals surface area contributed by atoms with Crippen molar-refractivity contribution in [2.45, 2.75) is 0 Å². The first kappa shape index (κ1) is 6.40. The third kappa shape index (κ3) is 0.859. The van der Waals surface area contributed by atoms with E-state index in [1.807, 2.05) is 0 Å². The second kappa shape index (κ2) is 2.26. The molecule has 2 N–H and O–H groups in total. The van der Waals surface area contributed by atoms with Crippen LogP contribution in [-0.2, 0) is 0 Å². The molecule has 6 nitrogen and oxygen atoms in total. The molecule has 0 atom stereocenters. The molecule has 0 aliphatic rings. The Morgan fingerprint density at radius 3 is 2.70 bits per heavy atom. The molecule has 0 aliphatic carbocycles. The third-order valence-electron chi connectivity index (χ3n) is 0.886. The maximum atomic E-state index is 10.2. The van der Waals surface area contributed by atoms with Crippen molar-refractivity contribution in [3.63, 3.8) is 0 Å². The van der Waals surface area contributed by atoms with E-state index >= 15 is 0 Å². The molecule has 0 spiro atoms. The fraction of sp³-hybridized carbons (Fsp3) is 0. The van der Waals surface area contributed by atoms with Crippen LogP contribution in [0.2, 0.25) is 0 Å². The zero-order valence-electron chi connectivity index (χ0n) is 4.94. The number of rotatable bonds is 2. The highest BCUT2D eigenvalue weighted by Gasteiger charge is 2.15. The van der Waals surface area contributed by atoms with Gasteiger partial charge in [-0.3, -0.25) is 4.63 Å². The van der Waals surface area contributed by atoms with E-state index < -0.39 is 6.09 Å². The van der Waals surface area contributed by atoms with Crippen LogP contribution in [0.25, 0.3) is 0 Å². The molecule has 54 valence electrons. The van der Waals surface area contributed by atoms with Crippen LogP contribution < -0.4 is 4.90 Å². The summed E-state index contributed by atoms with van der Waals surface area (Å²) in [7, 11) is 0. The van der Waals surface area contributed by atoms with Crippen molar-refractivity contribution >= 4 is 12.0 Å². The van der Waals surface area contributed by atoms with Crippen LogP contribution in [0.15, 0.2) is 17.4 Å². The standard InChI is InChI=1S/C4H5N3O3/c1-2-7(4(8)9)3-5-10-6-3/h2H,1H2,(H,5,6)(H,8,9). The predicted octanol–water partition coefficient (Wildman–Crippen LogP) is 0.631. The van der Waals surface area contributed by atoms with Gasteiger partial charge in [-0.2, -0.15) is 5.16 Å². The minimum absolute atomic E-state index is 0.113. The molecule has 10 heavy (non-hydrogen) atoms. The van der Waals surface area contributed by atoms with Crippen LogP contribution in [0, 0.1) is 0 Å². The molecule has 0 aromatic carbocycles. The van der Waals surface area contributed by atoms with Crippen LogP contribution >= 0.6 is 0 Å². The van der Waals surface area contributed by atoms with Crippen molar-refractivity contribution in [3.05, 3.63) is 12.8 Å². The molecule has 1 rings (SSSR count). The van der Waals surface area contributed by atoms with Crippen molar-refractivity contribution in [2.24, 2.45) is 0 Å². The normalized spacial score (nSPS) is 9.20. The monoisotopic (exact) mass is 143 g/mol. The number of carboxylic acid groups (broad SMARTS) is 1. The van der Waals surface area contributed by atoms with Gasteiger partial charge in [0.15, 0.2) is 0 Å². The van der Waals surface area contributed by atoms with E-state index in [0.29, 0.717) is 0 Å². The van der Waals surface area contributed by atoms with E-state index in [2.05, 4.69) is 21.5 Å². The molecule has 0 fully saturated rings. The number of hydrogen-bond donors (Lipinski definition) is 2. The van der Waals surface area contributed by atoms with Crippen LogP contribution in [0.5, 0.6) is 0 Å². The second-order valence-corrected chi connectivity index (χ2v) is 1.44. The molecular formula is C4H5N3O3. The van der Waals surface area contributed by atoms with Gasteiger partial charge in [-0.05, 0) is 5.16 Å². The fourth-order valence-corrected chi connectivity index (χ4v) is 0.435. The molecule has 0 unspecified atom stereocenters. The number of nitrogens with one attached hydrogen (secondary N) is 1. The van der Waals surface area contributed by atoms with Gasteiger partial charge in [0.2, 0.25) is 0 Å². The van der Waals surface area contributed by atoms with E-state index in [1.54, 1.807) is 0 Å². The van der Waals surface area contributed by atoms with E-state index in [-0.39, 0.29) is 5.95 Å². The molecule has 1 aromatic rings. The van der Waals surface area contributed by atoms with Crippen LogP contribution in [0.4, 0.5) is 10.7 Å². The number of H-pyrrole nitrogens is 1. The molecule has 0 saturated heterocycles. The van der Waals surface area contributed by atoms with E-state index in [4.69, 9.17) is 5.11 Å². The Labute approximate surface area is 55.7 Å². The Balaban J connectivity index is 2.72. The lowest BCUT2D eigenvalue weighted by Gasteiger charge is -2.10. The Hall–Kier alpha value is -1.72. The van der Waals surface area contributed by atoms with Gasteiger partial charge in [0.25, 0.3) is 5.95 Å². The first-order valence-corrected chi connectivity index (χ1v) is 2.40. The fourth-order valence-electron chi connectivity index (χ4n) is 0.435. The summed E-state index contributed by atoms with van der Waals surface area (Å²) in [5.41, 5.74) is 0. The van der Waals surface area contributed by atoms with Crippen molar-refractivity contribution in [3.8, 4) is 0 Å². The SMILES string of the molecule is C=CN(C(=O)O)c1no[nH]1. The number of carbonyl (C=O) groups is 1. The molecule has 1 heterocycles. The molecule has 6 heteroatoms. The number of amides is 1. The summed E-state index contributed by atoms with van der Waals surface area (Å²) in [6, 6.07) is 0. The number of nitrogens with zero attached hydrogens (tertiary/aromatic N) is 2. The molecule has 1 aromatic heterocycles. The topological polar surface area (TPSA) is 82.4 Å². The smallest absolute Gasteiger partial charge is 0.418 e. The largest absolute Gasteiger partial charge is 0.464 e. The van der Waals surface area contributed by atoms with Crippen LogP contribution in [0.3, 0.4) is 0 Å². The van der Waals surface area contributed by atoms with Crippen LogP contribution in [-0.4, -0.2) is 21.5 Å². The summed E-state index contributed by atoms with van der Waals surface area (Å²) in [6.45, 7) is 3.25. The van der Waals surface area contributed by atoms with Gasteiger partial charge >= 0.3 is 6.09 Å². The van der Waals surface area contributed by atoms with Gasteiger partial charge < -0.3 is 5.11 Å². The quantitative estimate of drug-likeness (QED) is 0.636. The number of aromatic amines is 1. The highest BCUT2D eigenvalue weighted by atomic mass is 16.6. The van der Waals surface area contributed by atoms with E-state index in [0.717, 1.165) is 11.1 Å². The van der Waals surface area contributed by atoms with Crippen molar-refractivity contribution in [1.29, 1.82) is 0 Å². The molecule has 0 radical (unpaired) electrons. The highest BCUT2D eigenvalue weighted by molar-refractivity contribution is 5.85. The van der Waals surface area contributed by atoms with E-state index in [9.17, 15) is 4.79 Å². The highest BCUT2D eigenvalue weighted by Crippen LogP contribution is 2.06. The Bertz CT molecular complexity index is 229. The minimum atomic E-state index is -1.16. The first-order valence-electron chi connectivity index (χ1n) is 2.40.